The Morgan fingerprint density at radius 2 is 1.07 bits per heavy atom. The van der Waals surface area contributed by atoms with Gasteiger partial charge in [0.25, 0.3) is 0 Å². The summed E-state index contributed by atoms with van der Waals surface area (Å²) in [5.41, 5.74) is 2.73. The molecule has 3 heteroatoms. The maximum Gasteiger partial charge on any atom is 0.179 e. The molecule has 0 saturated carbocycles. The summed E-state index contributed by atoms with van der Waals surface area (Å²) in [5, 5.41) is 17.8. The minimum Gasteiger partial charge on any atom is -0.192 e. The second-order valence-corrected chi connectivity index (χ2v) is 14.9. The Balaban J connectivity index is 1.57. The van der Waals surface area contributed by atoms with Gasteiger partial charge >= 0.3 is 0 Å². The molecule has 0 aliphatic carbocycles. The zero-order chi connectivity index (χ0) is 26.9. The van der Waals surface area contributed by atoms with Crippen LogP contribution in [0.1, 0.15) is 5.56 Å². The number of hydrogen-bond acceptors (Lipinski definition) is 2. The summed E-state index contributed by atoms with van der Waals surface area (Å²) in [6.45, 7) is 0. The minimum atomic E-state index is -2.73. The summed E-state index contributed by atoms with van der Waals surface area (Å²) in [6.07, 6.45) is 0. The van der Waals surface area contributed by atoms with Gasteiger partial charge in [-0.1, -0.05) is 133 Å². The van der Waals surface area contributed by atoms with Crippen LogP contribution in [0.5, 0.6) is 0 Å². The molecule has 0 aliphatic heterocycles. The van der Waals surface area contributed by atoms with E-state index in [-0.39, 0.29) is 0 Å². The molecule has 0 N–H and O–H groups in total. The number of rotatable bonds is 5. The SMILES string of the molecule is N#Cc1ccccc1-c1cccc([Si](c2ccccc2)(c2ccccc2)c2ccc3c(c2)sc2ccccc23)c1. The third kappa shape index (κ3) is 3.89. The van der Waals surface area contributed by atoms with E-state index in [0.717, 1.165) is 11.1 Å². The number of nitrogens with zero attached hydrogens (tertiary/aromatic N) is 1. The molecule has 0 fully saturated rings. The maximum absolute atomic E-state index is 9.86. The van der Waals surface area contributed by atoms with Gasteiger partial charge < -0.3 is 0 Å². The molecule has 7 rings (SSSR count). The first-order valence-electron chi connectivity index (χ1n) is 13.4. The van der Waals surface area contributed by atoms with E-state index < -0.39 is 8.07 Å². The van der Waals surface area contributed by atoms with Gasteiger partial charge in [-0.3, -0.25) is 0 Å². The van der Waals surface area contributed by atoms with Crippen LogP contribution in [0, 0.1) is 11.3 Å². The quantitative estimate of drug-likeness (QED) is 0.170. The first-order chi connectivity index (χ1) is 19.8. The van der Waals surface area contributed by atoms with Crippen molar-refractivity contribution in [2.24, 2.45) is 0 Å². The largest absolute Gasteiger partial charge is 0.192 e. The molecule has 40 heavy (non-hydrogen) atoms. The highest BCUT2D eigenvalue weighted by atomic mass is 32.1. The van der Waals surface area contributed by atoms with E-state index in [1.165, 1.54) is 40.9 Å². The predicted molar refractivity (Wildman–Crippen MR) is 173 cm³/mol. The summed E-state index contributed by atoms with van der Waals surface area (Å²) in [6, 6.07) is 57.0. The normalized spacial score (nSPS) is 11.5. The average molecular weight is 544 g/mol. The Labute approximate surface area is 239 Å². The van der Waals surface area contributed by atoms with Gasteiger partial charge in [0.05, 0.1) is 11.6 Å². The van der Waals surface area contributed by atoms with Crippen LogP contribution >= 0.6 is 11.3 Å². The highest BCUT2D eigenvalue weighted by Gasteiger charge is 2.41. The molecule has 0 radical (unpaired) electrons. The van der Waals surface area contributed by atoms with E-state index in [0.29, 0.717) is 5.56 Å². The molecule has 0 amide bonds. The zero-order valence-electron chi connectivity index (χ0n) is 21.8. The first kappa shape index (κ1) is 24.3. The predicted octanol–water partition coefficient (Wildman–Crippen LogP) is 6.97. The lowest BCUT2D eigenvalue weighted by Gasteiger charge is -2.34. The third-order valence-corrected chi connectivity index (χ3v) is 13.8. The number of nitriles is 1. The van der Waals surface area contributed by atoms with Crippen molar-refractivity contribution in [3.63, 3.8) is 0 Å². The molecule has 1 heterocycles. The molecule has 0 atom stereocenters. The standard InChI is InChI=1S/C37H25NSSi/c38-26-28-12-7-8-19-33(28)27-13-11-18-31(24-27)40(29-14-3-1-4-15-29,30-16-5-2-6-17-30)32-22-23-35-34-20-9-10-21-36(34)39-37(35)25-32/h1-25H. The van der Waals surface area contributed by atoms with Gasteiger partial charge in [0, 0.05) is 20.2 Å². The molecular formula is C37H25NSSi. The summed E-state index contributed by atoms with van der Waals surface area (Å²) in [4.78, 5) is 0. The molecule has 0 saturated heterocycles. The highest BCUT2D eigenvalue weighted by Crippen LogP contribution is 2.33. The van der Waals surface area contributed by atoms with Crippen molar-refractivity contribution in [3.8, 4) is 17.2 Å². The lowest BCUT2D eigenvalue weighted by atomic mass is 10.0. The van der Waals surface area contributed by atoms with Crippen LogP contribution in [0.25, 0.3) is 31.3 Å². The van der Waals surface area contributed by atoms with Crippen molar-refractivity contribution < 1.29 is 0 Å². The summed E-state index contributed by atoms with van der Waals surface area (Å²) < 4.78 is 2.63. The lowest BCUT2D eigenvalue weighted by Crippen LogP contribution is -2.74. The Morgan fingerprint density at radius 1 is 0.475 bits per heavy atom. The van der Waals surface area contributed by atoms with Crippen molar-refractivity contribution in [2.45, 2.75) is 0 Å². The Bertz CT molecular complexity index is 1980. The van der Waals surface area contributed by atoms with E-state index in [1.54, 1.807) is 0 Å². The minimum absolute atomic E-state index is 0.693. The summed E-state index contributed by atoms with van der Waals surface area (Å²) in [7, 11) is -2.73. The van der Waals surface area contributed by atoms with E-state index in [4.69, 9.17) is 0 Å². The van der Waals surface area contributed by atoms with Crippen LogP contribution < -0.4 is 20.7 Å². The number of hydrogen-bond donors (Lipinski definition) is 0. The molecule has 7 aromatic rings. The second-order valence-electron chi connectivity index (χ2n) is 10.0. The molecule has 6 aromatic carbocycles. The Morgan fingerprint density at radius 3 is 1.82 bits per heavy atom. The van der Waals surface area contributed by atoms with E-state index >= 15 is 0 Å². The van der Waals surface area contributed by atoms with Crippen LogP contribution in [0.3, 0.4) is 0 Å². The molecule has 0 spiro atoms. The van der Waals surface area contributed by atoms with Crippen molar-refractivity contribution >= 4 is 60.3 Å². The molecule has 1 nitrogen and oxygen atoms in total. The van der Waals surface area contributed by atoms with E-state index in [2.05, 4.69) is 140 Å². The summed E-state index contributed by atoms with van der Waals surface area (Å²) >= 11 is 1.87. The molecular weight excluding hydrogens is 519 g/mol. The number of thiophene rings is 1. The lowest BCUT2D eigenvalue weighted by molar-refractivity contribution is 1.48. The molecule has 0 aliphatic rings. The smallest absolute Gasteiger partial charge is 0.179 e. The second kappa shape index (κ2) is 10.1. The van der Waals surface area contributed by atoms with Crippen LogP contribution in [0.2, 0.25) is 0 Å². The molecule has 188 valence electrons. The van der Waals surface area contributed by atoms with Crippen molar-refractivity contribution in [1.29, 1.82) is 5.26 Å². The van der Waals surface area contributed by atoms with Crippen LogP contribution in [-0.2, 0) is 0 Å². The van der Waals surface area contributed by atoms with Crippen LogP contribution in [0.4, 0.5) is 0 Å². The molecule has 0 unspecified atom stereocenters. The van der Waals surface area contributed by atoms with Crippen molar-refractivity contribution in [3.05, 3.63) is 157 Å². The molecule has 1 aromatic heterocycles. The first-order valence-corrected chi connectivity index (χ1v) is 16.2. The Kier molecular flexibility index (Phi) is 6.13. The van der Waals surface area contributed by atoms with Gasteiger partial charge in [0.15, 0.2) is 8.07 Å². The van der Waals surface area contributed by atoms with Crippen LogP contribution in [0.15, 0.2) is 152 Å². The zero-order valence-corrected chi connectivity index (χ0v) is 23.6. The van der Waals surface area contributed by atoms with Gasteiger partial charge in [0.1, 0.15) is 0 Å². The van der Waals surface area contributed by atoms with Crippen molar-refractivity contribution in [2.75, 3.05) is 0 Å². The van der Waals surface area contributed by atoms with Gasteiger partial charge in [-0.25, -0.2) is 0 Å². The van der Waals surface area contributed by atoms with Gasteiger partial charge in [-0.05, 0) is 50.1 Å². The Hall–Kier alpha value is -4.75. The number of fused-ring (bicyclic) bond motifs is 3. The fourth-order valence-electron chi connectivity index (χ4n) is 6.09. The fraction of sp³-hybridized carbons (Fsp3) is 0. The van der Waals surface area contributed by atoms with E-state index in [9.17, 15) is 5.26 Å². The van der Waals surface area contributed by atoms with Gasteiger partial charge in [-0.15, -0.1) is 11.3 Å². The monoisotopic (exact) mass is 543 g/mol. The fourth-order valence-corrected chi connectivity index (χ4v) is 12.1. The van der Waals surface area contributed by atoms with Crippen molar-refractivity contribution in [1.82, 2.24) is 0 Å². The number of benzene rings is 6. The average Bonchev–Trinajstić information content (AvgIpc) is 3.41. The highest BCUT2D eigenvalue weighted by molar-refractivity contribution is 7.26. The topological polar surface area (TPSA) is 23.8 Å². The summed E-state index contributed by atoms with van der Waals surface area (Å²) in [5.74, 6) is 0. The van der Waals surface area contributed by atoms with Crippen LogP contribution in [-0.4, -0.2) is 8.07 Å². The van der Waals surface area contributed by atoms with Gasteiger partial charge in [0.2, 0.25) is 0 Å². The third-order valence-electron chi connectivity index (χ3n) is 7.88. The van der Waals surface area contributed by atoms with Gasteiger partial charge in [-0.2, -0.15) is 5.26 Å². The maximum atomic E-state index is 9.86. The van der Waals surface area contributed by atoms with E-state index in [1.807, 2.05) is 29.5 Å². The molecule has 0 bridgehead atoms.